The quantitative estimate of drug-likeness (QED) is 0.426. The van der Waals surface area contributed by atoms with Crippen LogP contribution in [0.5, 0.6) is 0 Å². The van der Waals surface area contributed by atoms with E-state index in [1.165, 1.54) is 5.56 Å². The summed E-state index contributed by atoms with van der Waals surface area (Å²) in [5, 5.41) is 1.02. The molecule has 3 aromatic heterocycles. The van der Waals surface area contributed by atoms with E-state index in [1.807, 2.05) is 36.8 Å². The molecule has 5 rings (SSSR count). The molecule has 2 N–H and O–H groups in total. The number of hydrogen-bond acceptors (Lipinski definition) is 4. The predicted octanol–water partition coefficient (Wildman–Crippen LogP) is 4.82. The van der Waals surface area contributed by atoms with E-state index in [0.29, 0.717) is 12.5 Å². The number of nitrogens with zero attached hydrogens (tertiary/aromatic N) is 4. The number of imidazole rings is 1. The number of benzene rings is 2. The summed E-state index contributed by atoms with van der Waals surface area (Å²) >= 11 is 0. The van der Waals surface area contributed by atoms with Crippen LogP contribution in [0, 0.1) is 11.8 Å². The zero-order valence-corrected chi connectivity index (χ0v) is 17.9. The van der Waals surface area contributed by atoms with Gasteiger partial charge in [-0.25, -0.2) is 4.98 Å². The lowest BCUT2D eigenvalue weighted by molar-refractivity contribution is 0.674. The first-order chi connectivity index (χ1) is 15.8. The lowest BCUT2D eigenvalue weighted by atomic mass is 9.96. The maximum Gasteiger partial charge on any atom is 0.108 e. The molecule has 0 spiro atoms. The summed E-state index contributed by atoms with van der Waals surface area (Å²) in [6, 6.07) is 18.5. The molecule has 0 radical (unpaired) electrons. The molecule has 0 bridgehead atoms. The highest BCUT2D eigenvalue weighted by atomic mass is 15.1. The van der Waals surface area contributed by atoms with Crippen molar-refractivity contribution in [2.24, 2.45) is 5.73 Å². The Labute approximate surface area is 187 Å². The highest BCUT2D eigenvalue weighted by Crippen LogP contribution is 2.27. The Kier molecular flexibility index (Phi) is 5.37. The van der Waals surface area contributed by atoms with E-state index in [1.54, 1.807) is 12.4 Å². The number of rotatable bonds is 4. The van der Waals surface area contributed by atoms with Gasteiger partial charge in [-0.3, -0.25) is 14.5 Å². The van der Waals surface area contributed by atoms with Crippen molar-refractivity contribution in [2.75, 3.05) is 6.54 Å². The van der Waals surface area contributed by atoms with Crippen LogP contribution in [0.2, 0.25) is 0 Å². The first-order valence-corrected chi connectivity index (χ1v) is 10.7. The molecule has 0 saturated carbocycles. The molecule has 0 fully saturated rings. The largest absolute Gasteiger partial charge is 0.330 e. The Bertz CT molecular complexity index is 1440. The van der Waals surface area contributed by atoms with Crippen molar-refractivity contribution in [3.05, 3.63) is 96.2 Å². The Morgan fingerprint density at radius 1 is 0.938 bits per heavy atom. The fourth-order valence-electron chi connectivity index (χ4n) is 3.99. The molecular formula is C27H23N5. The fourth-order valence-corrected chi connectivity index (χ4v) is 3.99. The van der Waals surface area contributed by atoms with Gasteiger partial charge in [-0.05, 0) is 66.9 Å². The Morgan fingerprint density at radius 2 is 1.78 bits per heavy atom. The summed E-state index contributed by atoms with van der Waals surface area (Å²) in [6.45, 7) is 2.83. The van der Waals surface area contributed by atoms with Crippen LogP contribution in [-0.2, 0) is 0 Å². The fraction of sp³-hybridized carbons (Fsp3) is 0.148. The molecule has 0 aliphatic rings. The Balaban J connectivity index is 1.60. The van der Waals surface area contributed by atoms with Crippen LogP contribution in [0.4, 0.5) is 0 Å². The van der Waals surface area contributed by atoms with Gasteiger partial charge < -0.3 is 5.73 Å². The van der Waals surface area contributed by atoms with E-state index in [-0.39, 0.29) is 0 Å². The predicted molar refractivity (Wildman–Crippen MR) is 129 cm³/mol. The number of nitrogens with two attached hydrogens (primary N) is 1. The van der Waals surface area contributed by atoms with E-state index in [4.69, 9.17) is 5.73 Å². The second kappa shape index (κ2) is 8.62. The molecule has 5 heteroatoms. The molecule has 3 heterocycles. The lowest BCUT2D eigenvalue weighted by Crippen LogP contribution is -2.11. The van der Waals surface area contributed by atoms with Crippen molar-refractivity contribution in [3.63, 3.8) is 0 Å². The Morgan fingerprint density at radius 3 is 2.53 bits per heavy atom. The number of aromatic nitrogens is 4. The normalized spacial score (nSPS) is 11.9. The summed E-state index contributed by atoms with van der Waals surface area (Å²) in [7, 11) is 0. The third-order valence-electron chi connectivity index (χ3n) is 5.81. The van der Waals surface area contributed by atoms with Gasteiger partial charge >= 0.3 is 0 Å². The molecular weight excluding hydrogens is 394 g/mol. The zero-order valence-electron chi connectivity index (χ0n) is 17.9. The van der Waals surface area contributed by atoms with Crippen molar-refractivity contribution in [3.8, 4) is 17.5 Å². The molecule has 1 unspecified atom stereocenters. The average molecular weight is 418 g/mol. The van der Waals surface area contributed by atoms with Gasteiger partial charge in [0.2, 0.25) is 0 Å². The summed E-state index contributed by atoms with van der Waals surface area (Å²) < 4.78 is 2.12. The van der Waals surface area contributed by atoms with Gasteiger partial charge in [-0.1, -0.05) is 30.9 Å². The average Bonchev–Trinajstić information content (AvgIpc) is 3.29. The minimum atomic E-state index is 0.384. The van der Waals surface area contributed by atoms with E-state index in [2.05, 4.69) is 68.6 Å². The topological polar surface area (TPSA) is 69.6 Å². The molecule has 5 nitrogen and oxygen atoms in total. The minimum absolute atomic E-state index is 0.384. The highest BCUT2D eigenvalue weighted by molar-refractivity contribution is 6.03. The molecule has 0 saturated heterocycles. The van der Waals surface area contributed by atoms with Crippen molar-refractivity contribution in [1.82, 2.24) is 19.5 Å². The van der Waals surface area contributed by atoms with Gasteiger partial charge in [-0.15, -0.1) is 0 Å². The molecule has 0 amide bonds. The highest BCUT2D eigenvalue weighted by Gasteiger charge is 2.12. The van der Waals surface area contributed by atoms with Crippen LogP contribution in [0.15, 0.2) is 79.5 Å². The third kappa shape index (κ3) is 3.73. The van der Waals surface area contributed by atoms with Crippen molar-refractivity contribution in [1.29, 1.82) is 0 Å². The summed E-state index contributed by atoms with van der Waals surface area (Å²) in [5.41, 5.74) is 12.9. The van der Waals surface area contributed by atoms with Gasteiger partial charge in [0.1, 0.15) is 11.8 Å². The maximum atomic E-state index is 5.92. The number of fused-ring (bicyclic) bond motifs is 3. The monoisotopic (exact) mass is 417 g/mol. The minimum Gasteiger partial charge on any atom is -0.330 e. The van der Waals surface area contributed by atoms with Crippen LogP contribution < -0.4 is 5.73 Å². The van der Waals surface area contributed by atoms with Crippen LogP contribution in [-0.4, -0.2) is 26.1 Å². The van der Waals surface area contributed by atoms with Crippen LogP contribution in [0.25, 0.3) is 27.6 Å². The van der Waals surface area contributed by atoms with E-state index in [0.717, 1.165) is 45.2 Å². The second-order valence-electron chi connectivity index (χ2n) is 7.76. The summed E-state index contributed by atoms with van der Waals surface area (Å²) in [4.78, 5) is 13.3. The standard InChI is InChI=1S/C27H23N5/c1-2-21(15-28)22-8-10-23(11-9-22)32-18-31-26-17-30-25-12-7-19(14-24(25)27(26)32)5-6-20-4-3-13-29-16-20/h3-4,7-14,16-18,21H,2,15,28H2,1H3. The van der Waals surface area contributed by atoms with E-state index in [9.17, 15) is 0 Å². The van der Waals surface area contributed by atoms with Gasteiger partial charge in [0.25, 0.3) is 0 Å². The van der Waals surface area contributed by atoms with Crippen molar-refractivity contribution >= 4 is 21.9 Å². The van der Waals surface area contributed by atoms with Crippen LogP contribution in [0.1, 0.15) is 36.0 Å². The molecule has 0 aliphatic heterocycles. The summed E-state index contributed by atoms with van der Waals surface area (Å²) in [5.74, 6) is 6.80. The Hall–Kier alpha value is -4.01. The van der Waals surface area contributed by atoms with Gasteiger partial charge in [0.05, 0.1) is 17.2 Å². The molecule has 0 aliphatic carbocycles. The molecule has 1 atom stereocenters. The maximum absolute atomic E-state index is 5.92. The lowest BCUT2D eigenvalue weighted by Gasteiger charge is -2.14. The van der Waals surface area contributed by atoms with Gasteiger partial charge in [0, 0.05) is 34.6 Å². The van der Waals surface area contributed by atoms with Gasteiger partial charge in [-0.2, -0.15) is 0 Å². The third-order valence-corrected chi connectivity index (χ3v) is 5.81. The smallest absolute Gasteiger partial charge is 0.108 e. The van der Waals surface area contributed by atoms with Gasteiger partial charge in [0.15, 0.2) is 0 Å². The zero-order chi connectivity index (χ0) is 21.9. The first kappa shape index (κ1) is 19.9. The molecule has 32 heavy (non-hydrogen) atoms. The van der Waals surface area contributed by atoms with Crippen molar-refractivity contribution in [2.45, 2.75) is 19.3 Å². The summed E-state index contributed by atoms with van der Waals surface area (Å²) in [6.07, 6.45) is 8.22. The number of hydrogen-bond donors (Lipinski definition) is 1. The SMILES string of the molecule is CCC(CN)c1ccc(-n2cnc3cnc4ccc(C#Cc5cccnc5)cc4c32)cc1. The van der Waals surface area contributed by atoms with Crippen LogP contribution >= 0.6 is 0 Å². The van der Waals surface area contributed by atoms with Crippen LogP contribution in [0.3, 0.4) is 0 Å². The molecule has 5 aromatic rings. The molecule has 156 valence electrons. The number of pyridine rings is 2. The first-order valence-electron chi connectivity index (χ1n) is 10.7. The van der Waals surface area contributed by atoms with E-state index < -0.39 is 0 Å². The molecule has 2 aromatic carbocycles. The second-order valence-corrected chi connectivity index (χ2v) is 7.76. The van der Waals surface area contributed by atoms with Crippen molar-refractivity contribution < 1.29 is 0 Å². The van der Waals surface area contributed by atoms with E-state index >= 15 is 0 Å².